The molecule has 0 amide bonds. The molecule has 2 nitrogen and oxygen atoms in total. The van der Waals surface area contributed by atoms with Gasteiger partial charge in [-0.15, -0.1) is 0 Å². The highest BCUT2D eigenvalue weighted by Gasteiger charge is 2.32. The number of nitrogens with zero attached hydrogens (tertiary/aromatic N) is 1. The summed E-state index contributed by atoms with van der Waals surface area (Å²) in [5.74, 6) is -0.451. The van der Waals surface area contributed by atoms with Crippen molar-refractivity contribution in [3.63, 3.8) is 0 Å². The zero-order valence-electron chi connectivity index (χ0n) is 13.3. The normalized spacial score (nSPS) is 22.5. The van der Waals surface area contributed by atoms with E-state index in [0.29, 0.717) is 0 Å². The predicted molar refractivity (Wildman–Crippen MR) is 88.3 cm³/mol. The maximum atomic E-state index is 13.3. The minimum atomic E-state index is -0.250. The van der Waals surface area contributed by atoms with E-state index >= 15 is 0 Å². The van der Waals surface area contributed by atoms with Crippen LogP contribution in [0.5, 0.6) is 0 Å². The zero-order chi connectivity index (χ0) is 16.4. The van der Waals surface area contributed by atoms with E-state index in [1.807, 2.05) is 24.3 Å². The highest BCUT2D eigenvalue weighted by molar-refractivity contribution is 5.35. The molecule has 1 aliphatic rings. The smallest absolute Gasteiger partial charge is 0.123 e. The Hall–Kier alpha value is -1.78. The quantitative estimate of drug-likeness (QED) is 0.939. The third kappa shape index (κ3) is 3.59. The van der Waals surface area contributed by atoms with Gasteiger partial charge in [-0.25, -0.2) is 8.78 Å². The minimum absolute atomic E-state index is 0.0487. The van der Waals surface area contributed by atoms with Crippen molar-refractivity contribution in [2.24, 2.45) is 5.73 Å². The first-order valence-electron chi connectivity index (χ1n) is 8.01. The van der Waals surface area contributed by atoms with Crippen molar-refractivity contribution in [2.45, 2.75) is 30.8 Å². The molecule has 1 heterocycles. The molecule has 23 heavy (non-hydrogen) atoms. The Labute approximate surface area is 135 Å². The number of rotatable bonds is 3. The Morgan fingerprint density at radius 2 is 1.43 bits per heavy atom. The van der Waals surface area contributed by atoms with E-state index in [9.17, 15) is 8.78 Å². The van der Waals surface area contributed by atoms with E-state index in [-0.39, 0.29) is 29.6 Å². The van der Waals surface area contributed by atoms with Crippen molar-refractivity contribution in [1.82, 2.24) is 4.90 Å². The lowest BCUT2D eigenvalue weighted by Gasteiger charge is -2.41. The van der Waals surface area contributed by atoms with Crippen LogP contribution in [-0.2, 0) is 0 Å². The second-order valence-corrected chi connectivity index (χ2v) is 6.41. The molecule has 0 aromatic heterocycles. The second-order valence-electron chi connectivity index (χ2n) is 6.41. The molecule has 0 saturated carbocycles. The van der Waals surface area contributed by atoms with Crippen molar-refractivity contribution in [1.29, 1.82) is 0 Å². The molecule has 1 saturated heterocycles. The van der Waals surface area contributed by atoms with Gasteiger partial charge in [0.05, 0.1) is 0 Å². The third-order valence-electron chi connectivity index (χ3n) is 4.81. The predicted octanol–water partition coefficient (Wildman–Crippen LogP) is 3.52. The van der Waals surface area contributed by atoms with Gasteiger partial charge in [-0.3, -0.25) is 0 Å². The van der Waals surface area contributed by atoms with Crippen LogP contribution in [-0.4, -0.2) is 30.6 Å². The summed E-state index contributed by atoms with van der Waals surface area (Å²) < 4.78 is 26.6. The van der Waals surface area contributed by atoms with E-state index in [4.69, 9.17) is 5.73 Å². The van der Waals surface area contributed by atoms with Gasteiger partial charge in [0.15, 0.2) is 0 Å². The fourth-order valence-corrected chi connectivity index (χ4v) is 3.51. The molecule has 0 radical (unpaired) electrons. The van der Waals surface area contributed by atoms with Crippen molar-refractivity contribution in [2.75, 3.05) is 13.6 Å². The van der Waals surface area contributed by atoms with Gasteiger partial charge < -0.3 is 10.6 Å². The van der Waals surface area contributed by atoms with Crippen LogP contribution in [0.2, 0.25) is 0 Å². The lowest BCUT2D eigenvalue weighted by Crippen LogP contribution is -2.47. The lowest BCUT2D eigenvalue weighted by atomic mass is 9.79. The van der Waals surface area contributed by atoms with Crippen molar-refractivity contribution in [3.05, 3.63) is 71.3 Å². The number of nitrogens with two attached hydrogens (primary N) is 1. The van der Waals surface area contributed by atoms with Gasteiger partial charge in [-0.05, 0) is 61.8 Å². The summed E-state index contributed by atoms with van der Waals surface area (Å²) in [6.45, 7) is 0.935. The van der Waals surface area contributed by atoms with Gasteiger partial charge in [-0.2, -0.15) is 0 Å². The van der Waals surface area contributed by atoms with E-state index in [0.717, 1.165) is 30.5 Å². The Morgan fingerprint density at radius 1 is 0.957 bits per heavy atom. The first-order valence-corrected chi connectivity index (χ1v) is 8.01. The number of halogens is 2. The Morgan fingerprint density at radius 3 is 1.91 bits per heavy atom. The number of piperidine rings is 1. The molecule has 0 aliphatic carbocycles. The number of likely N-dealkylation sites (N-methyl/N-ethyl adjacent to an activating group) is 1. The molecule has 122 valence electrons. The summed E-state index contributed by atoms with van der Waals surface area (Å²) in [5.41, 5.74) is 8.25. The van der Waals surface area contributed by atoms with E-state index in [1.165, 1.54) is 24.3 Å². The second kappa shape index (κ2) is 6.77. The summed E-state index contributed by atoms with van der Waals surface area (Å²) in [4.78, 5) is 2.31. The summed E-state index contributed by atoms with van der Waals surface area (Å²) in [6, 6.07) is 13.6. The fourth-order valence-electron chi connectivity index (χ4n) is 3.51. The topological polar surface area (TPSA) is 29.3 Å². The summed E-state index contributed by atoms with van der Waals surface area (Å²) in [6.07, 6.45) is 1.85. The number of likely N-dealkylation sites (tertiary alicyclic amines) is 1. The SMILES string of the molecule is CN1CCC(N)CC1C(c1ccc(F)cc1)c1ccc(F)cc1. The molecule has 3 rings (SSSR count). The highest BCUT2D eigenvalue weighted by Crippen LogP contribution is 2.35. The number of hydrogen-bond acceptors (Lipinski definition) is 2. The van der Waals surface area contributed by atoms with E-state index < -0.39 is 0 Å². The van der Waals surface area contributed by atoms with Crippen LogP contribution < -0.4 is 5.73 Å². The average Bonchev–Trinajstić information content (AvgIpc) is 2.54. The van der Waals surface area contributed by atoms with Crippen molar-refractivity contribution in [3.8, 4) is 0 Å². The first-order chi connectivity index (χ1) is 11.0. The van der Waals surface area contributed by atoms with Gasteiger partial charge in [0, 0.05) is 18.0 Å². The van der Waals surface area contributed by atoms with Crippen LogP contribution >= 0.6 is 0 Å². The van der Waals surface area contributed by atoms with E-state index in [1.54, 1.807) is 0 Å². The summed E-state index contributed by atoms with van der Waals surface area (Å²) in [7, 11) is 2.09. The molecule has 2 atom stereocenters. The van der Waals surface area contributed by atoms with Crippen LogP contribution in [0.25, 0.3) is 0 Å². The highest BCUT2D eigenvalue weighted by atomic mass is 19.1. The monoisotopic (exact) mass is 316 g/mol. The maximum Gasteiger partial charge on any atom is 0.123 e. The molecule has 4 heteroatoms. The molecular formula is C19H22F2N2. The average molecular weight is 316 g/mol. The standard InChI is InChI=1S/C19H22F2N2/c1-23-11-10-17(22)12-18(23)19(13-2-6-15(20)7-3-13)14-4-8-16(21)9-5-14/h2-9,17-19H,10-12,22H2,1H3. The van der Waals surface area contributed by atoms with Crippen LogP contribution in [0.15, 0.2) is 48.5 Å². The largest absolute Gasteiger partial charge is 0.328 e. The molecule has 2 unspecified atom stereocenters. The Bertz CT molecular complexity index is 594. The van der Waals surface area contributed by atoms with Crippen LogP contribution in [0, 0.1) is 11.6 Å². The van der Waals surface area contributed by atoms with Gasteiger partial charge in [0.1, 0.15) is 11.6 Å². The Kier molecular flexibility index (Phi) is 4.74. The molecule has 1 fully saturated rings. The van der Waals surface area contributed by atoms with Crippen molar-refractivity contribution >= 4 is 0 Å². The first kappa shape index (κ1) is 16.1. The number of benzene rings is 2. The summed E-state index contributed by atoms with van der Waals surface area (Å²) in [5, 5.41) is 0. The van der Waals surface area contributed by atoms with Crippen LogP contribution in [0.3, 0.4) is 0 Å². The fraction of sp³-hybridized carbons (Fsp3) is 0.368. The van der Waals surface area contributed by atoms with Crippen LogP contribution in [0.1, 0.15) is 29.9 Å². The van der Waals surface area contributed by atoms with Crippen LogP contribution in [0.4, 0.5) is 8.78 Å². The van der Waals surface area contributed by atoms with Gasteiger partial charge in [0.25, 0.3) is 0 Å². The molecule has 0 spiro atoms. The lowest BCUT2D eigenvalue weighted by molar-refractivity contribution is 0.155. The minimum Gasteiger partial charge on any atom is -0.328 e. The van der Waals surface area contributed by atoms with Gasteiger partial charge in [0.2, 0.25) is 0 Å². The molecule has 2 aromatic carbocycles. The summed E-state index contributed by atoms with van der Waals surface area (Å²) >= 11 is 0. The molecule has 0 bridgehead atoms. The third-order valence-corrected chi connectivity index (χ3v) is 4.81. The van der Waals surface area contributed by atoms with Gasteiger partial charge in [-0.1, -0.05) is 24.3 Å². The maximum absolute atomic E-state index is 13.3. The Balaban J connectivity index is 2.01. The molecule has 1 aliphatic heterocycles. The molecular weight excluding hydrogens is 294 g/mol. The van der Waals surface area contributed by atoms with Crippen molar-refractivity contribution < 1.29 is 8.78 Å². The molecule has 2 N–H and O–H groups in total. The van der Waals surface area contributed by atoms with Gasteiger partial charge >= 0.3 is 0 Å². The van der Waals surface area contributed by atoms with E-state index in [2.05, 4.69) is 11.9 Å². The zero-order valence-corrected chi connectivity index (χ0v) is 13.3. The number of hydrogen-bond donors (Lipinski definition) is 1. The molecule has 2 aromatic rings.